The van der Waals surface area contributed by atoms with Gasteiger partial charge in [-0.2, -0.15) is 5.26 Å². The maximum atomic E-state index is 10.00. The molecule has 2 aromatic carbocycles. The lowest BCUT2D eigenvalue weighted by Gasteiger charge is -2.28. The zero-order chi connectivity index (χ0) is 21.6. The van der Waals surface area contributed by atoms with E-state index < -0.39 is 0 Å². The molecule has 31 heavy (non-hydrogen) atoms. The van der Waals surface area contributed by atoms with Crippen molar-refractivity contribution in [2.75, 3.05) is 45.4 Å². The Bertz CT molecular complexity index is 1110. The number of rotatable bonds is 6. The van der Waals surface area contributed by atoms with Crippen molar-refractivity contribution in [1.29, 1.82) is 5.26 Å². The molecule has 8 heteroatoms. The number of benzene rings is 2. The molecule has 0 bridgehead atoms. The molecule has 1 saturated heterocycles. The first-order valence-corrected chi connectivity index (χ1v) is 9.93. The van der Waals surface area contributed by atoms with E-state index in [9.17, 15) is 5.26 Å². The van der Waals surface area contributed by atoms with Crippen LogP contribution in [0.5, 0.6) is 11.5 Å². The van der Waals surface area contributed by atoms with Crippen LogP contribution < -0.4 is 14.4 Å². The summed E-state index contributed by atoms with van der Waals surface area (Å²) in [6.45, 7) is 2.67. The number of ether oxygens (including phenoxy) is 3. The van der Waals surface area contributed by atoms with Crippen molar-refractivity contribution in [2.45, 2.75) is 0 Å². The fraction of sp³-hybridized carbons (Fsp3) is 0.261. The molecule has 1 fully saturated rings. The van der Waals surface area contributed by atoms with Gasteiger partial charge in [0.25, 0.3) is 0 Å². The lowest BCUT2D eigenvalue weighted by atomic mass is 10.1. The van der Waals surface area contributed by atoms with Gasteiger partial charge in [0.15, 0.2) is 5.82 Å². The summed E-state index contributed by atoms with van der Waals surface area (Å²) in [6.07, 6.45) is 1.75. The van der Waals surface area contributed by atoms with Gasteiger partial charge in [0.05, 0.1) is 38.7 Å². The third-order valence-electron chi connectivity index (χ3n) is 5.06. The Hall–Kier alpha value is -3.83. The standard InChI is InChI=1S/C23H23N5O3/c1-29-20-9-8-17(21(15-20)30-2)14-18(16-24)22-25-26-23(27-10-12-31-13-11-27)28(22)19-6-4-3-5-7-19/h3-9,14-15H,10-13H2,1-2H3. The lowest BCUT2D eigenvalue weighted by molar-refractivity contribution is 0.122. The molecule has 0 amide bonds. The van der Waals surface area contributed by atoms with Crippen LogP contribution in [0.4, 0.5) is 5.95 Å². The Kier molecular flexibility index (Phi) is 6.15. The molecule has 1 aliphatic heterocycles. The Morgan fingerprint density at radius 1 is 1.06 bits per heavy atom. The van der Waals surface area contributed by atoms with Crippen LogP contribution in [-0.4, -0.2) is 55.3 Å². The molecule has 8 nitrogen and oxygen atoms in total. The average molecular weight is 417 g/mol. The van der Waals surface area contributed by atoms with Crippen LogP contribution in [0, 0.1) is 11.3 Å². The summed E-state index contributed by atoms with van der Waals surface area (Å²) < 4.78 is 18.1. The Morgan fingerprint density at radius 3 is 2.52 bits per heavy atom. The number of methoxy groups -OCH3 is 2. The number of allylic oxidation sites excluding steroid dienone is 1. The van der Waals surface area contributed by atoms with E-state index in [1.165, 1.54) is 0 Å². The number of hydrogen-bond acceptors (Lipinski definition) is 7. The molecule has 1 aliphatic rings. The third kappa shape index (κ3) is 4.22. The van der Waals surface area contributed by atoms with Gasteiger partial charge in [-0.3, -0.25) is 4.57 Å². The first-order valence-electron chi connectivity index (χ1n) is 9.93. The number of para-hydroxylation sites is 1. The maximum absolute atomic E-state index is 10.00. The highest BCUT2D eigenvalue weighted by atomic mass is 16.5. The molecular formula is C23H23N5O3. The minimum absolute atomic E-state index is 0.374. The Balaban J connectivity index is 1.84. The van der Waals surface area contributed by atoms with Crippen LogP contribution in [-0.2, 0) is 4.74 Å². The monoisotopic (exact) mass is 417 g/mol. The molecular weight excluding hydrogens is 394 g/mol. The van der Waals surface area contributed by atoms with Gasteiger partial charge in [0, 0.05) is 24.7 Å². The summed E-state index contributed by atoms with van der Waals surface area (Å²) in [5.74, 6) is 2.43. The summed E-state index contributed by atoms with van der Waals surface area (Å²) in [7, 11) is 3.18. The molecule has 0 N–H and O–H groups in total. The topological polar surface area (TPSA) is 85.4 Å². The molecule has 0 radical (unpaired) electrons. The molecule has 3 aromatic rings. The van der Waals surface area contributed by atoms with Crippen LogP contribution in [0.1, 0.15) is 11.4 Å². The summed E-state index contributed by atoms with van der Waals surface area (Å²) >= 11 is 0. The second kappa shape index (κ2) is 9.32. The van der Waals surface area contributed by atoms with Crippen LogP contribution >= 0.6 is 0 Å². The average Bonchev–Trinajstić information content (AvgIpc) is 3.28. The summed E-state index contributed by atoms with van der Waals surface area (Å²) in [5.41, 5.74) is 2.00. The van der Waals surface area contributed by atoms with Crippen molar-refractivity contribution >= 4 is 17.6 Å². The Labute approximate surface area is 180 Å². The molecule has 0 saturated carbocycles. The van der Waals surface area contributed by atoms with Crippen molar-refractivity contribution in [2.24, 2.45) is 0 Å². The fourth-order valence-corrected chi connectivity index (χ4v) is 3.47. The van der Waals surface area contributed by atoms with Gasteiger partial charge in [-0.15, -0.1) is 10.2 Å². The van der Waals surface area contributed by atoms with Crippen LogP contribution in [0.15, 0.2) is 48.5 Å². The number of nitriles is 1. The van der Waals surface area contributed by atoms with Crippen molar-refractivity contribution in [3.05, 3.63) is 59.9 Å². The minimum Gasteiger partial charge on any atom is -0.497 e. The van der Waals surface area contributed by atoms with E-state index in [0.29, 0.717) is 55.1 Å². The highest BCUT2D eigenvalue weighted by Gasteiger charge is 2.23. The summed E-state index contributed by atoms with van der Waals surface area (Å²) in [4.78, 5) is 2.12. The molecule has 4 rings (SSSR count). The number of anilines is 1. The van der Waals surface area contributed by atoms with E-state index in [1.54, 1.807) is 26.4 Å². The highest BCUT2D eigenvalue weighted by molar-refractivity contribution is 5.89. The second-order valence-corrected chi connectivity index (χ2v) is 6.87. The third-order valence-corrected chi connectivity index (χ3v) is 5.06. The number of nitrogens with zero attached hydrogens (tertiary/aromatic N) is 5. The first kappa shape index (κ1) is 20.4. The lowest BCUT2D eigenvalue weighted by Crippen LogP contribution is -2.38. The van der Waals surface area contributed by atoms with E-state index in [0.717, 1.165) is 11.3 Å². The van der Waals surface area contributed by atoms with Crippen molar-refractivity contribution in [3.63, 3.8) is 0 Å². The zero-order valence-electron chi connectivity index (χ0n) is 17.5. The van der Waals surface area contributed by atoms with Gasteiger partial charge in [-0.25, -0.2) is 0 Å². The van der Waals surface area contributed by atoms with Crippen LogP contribution in [0.2, 0.25) is 0 Å². The van der Waals surface area contributed by atoms with Crippen molar-refractivity contribution in [3.8, 4) is 23.3 Å². The molecule has 0 spiro atoms. The van der Waals surface area contributed by atoms with E-state index >= 15 is 0 Å². The summed E-state index contributed by atoms with van der Waals surface area (Å²) in [6, 6.07) is 17.5. The predicted molar refractivity (Wildman–Crippen MR) is 117 cm³/mol. The highest BCUT2D eigenvalue weighted by Crippen LogP contribution is 2.30. The van der Waals surface area contributed by atoms with Crippen molar-refractivity contribution < 1.29 is 14.2 Å². The first-order chi connectivity index (χ1) is 15.2. The number of hydrogen-bond donors (Lipinski definition) is 0. The normalized spacial score (nSPS) is 14.2. The molecule has 0 unspecified atom stereocenters. The van der Waals surface area contributed by atoms with E-state index in [2.05, 4.69) is 21.2 Å². The number of aromatic nitrogens is 3. The van der Waals surface area contributed by atoms with Crippen LogP contribution in [0.3, 0.4) is 0 Å². The van der Waals surface area contributed by atoms with Gasteiger partial charge < -0.3 is 19.1 Å². The Morgan fingerprint density at radius 2 is 1.84 bits per heavy atom. The van der Waals surface area contributed by atoms with Crippen LogP contribution in [0.25, 0.3) is 17.3 Å². The SMILES string of the molecule is COc1ccc(C=C(C#N)c2nnc(N3CCOCC3)n2-c2ccccc2)c(OC)c1. The van der Waals surface area contributed by atoms with E-state index in [4.69, 9.17) is 14.2 Å². The quantitative estimate of drug-likeness (QED) is 0.570. The summed E-state index contributed by atoms with van der Waals surface area (Å²) in [5, 5.41) is 18.8. The molecule has 0 aliphatic carbocycles. The maximum Gasteiger partial charge on any atom is 0.232 e. The number of morpholine rings is 1. The molecule has 0 atom stereocenters. The zero-order valence-corrected chi connectivity index (χ0v) is 17.5. The predicted octanol–water partition coefficient (Wildman–Crippen LogP) is 3.19. The van der Waals surface area contributed by atoms with Gasteiger partial charge in [-0.1, -0.05) is 18.2 Å². The van der Waals surface area contributed by atoms with E-state index in [1.807, 2.05) is 47.0 Å². The van der Waals surface area contributed by atoms with Gasteiger partial charge in [-0.05, 0) is 30.3 Å². The minimum atomic E-state index is 0.374. The largest absolute Gasteiger partial charge is 0.497 e. The molecule has 2 heterocycles. The fourth-order valence-electron chi connectivity index (χ4n) is 3.47. The molecule has 158 valence electrons. The van der Waals surface area contributed by atoms with Gasteiger partial charge in [0.1, 0.15) is 17.6 Å². The van der Waals surface area contributed by atoms with Crippen molar-refractivity contribution in [1.82, 2.24) is 14.8 Å². The van der Waals surface area contributed by atoms with E-state index in [-0.39, 0.29) is 0 Å². The van der Waals surface area contributed by atoms with Gasteiger partial charge >= 0.3 is 0 Å². The molecule has 1 aromatic heterocycles. The second-order valence-electron chi connectivity index (χ2n) is 6.87. The van der Waals surface area contributed by atoms with Gasteiger partial charge in [0.2, 0.25) is 5.95 Å². The smallest absolute Gasteiger partial charge is 0.232 e.